The zero-order valence-electron chi connectivity index (χ0n) is 7.83. The smallest absolute Gasteiger partial charge is 0.0543 e. The Morgan fingerprint density at radius 1 is 1.38 bits per heavy atom. The third kappa shape index (κ3) is 1.15. The average Bonchev–Trinajstić information content (AvgIpc) is 2.45. The van der Waals surface area contributed by atoms with E-state index in [0.717, 1.165) is 11.1 Å². The molecule has 0 spiro atoms. The number of hydrogen-bond donors (Lipinski definition) is 1. The van der Waals surface area contributed by atoms with E-state index in [-0.39, 0.29) is 0 Å². The lowest BCUT2D eigenvalue weighted by Gasteiger charge is -1.97. The van der Waals surface area contributed by atoms with Crippen LogP contribution in [0.5, 0.6) is 0 Å². The van der Waals surface area contributed by atoms with Gasteiger partial charge in [-0.15, -0.1) is 0 Å². The van der Waals surface area contributed by atoms with Crippen LogP contribution >= 0.6 is 0 Å². The molecule has 0 fully saturated rings. The molecule has 2 aromatic rings. The van der Waals surface area contributed by atoms with E-state index in [1.165, 1.54) is 5.69 Å². The Morgan fingerprint density at radius 2 is 2.15 bits per heavy atom. The fraction of sp³-hybridized carbons (Fsp3) is 0.182. The van der Waals surface area contributed by atoms with Crippen molar-refractivity contribution in [2.24, 2.45) is 0 Å². The molecule has 2 nitrogen and oxygen atoms in total. The summed E-state index contributed by atoms with van der Waals surface area (Å²) in [6, 6.07) is 8.10. The standard InChI is InChI=1S/C11H12N2/c1-8-7-10(9(2)12)11-5-3-4-6-13(8)11/h3-7,12H,1-2H3. The van der Waals surface area contributed by atoms with Crippen LogP contribution in [0.15, 0.2) is 30.5 Å². The maximum absolute atomic E-state index is 7.62. The van der Waals surface area contributed by atoms with E-state index in [4.69, 9.17) is 5.41 Å². The highest BCUT2D eigenvalue weighted by atomic mass is 14.9. The highest BCUT2D eigenvalue weighted by Gasteiger charge is 2.05. The lowest BCUT2D eigenvalue weighted by atomic mass is 10.2. The fourth-order valence-electron chi connectivity index (χ4n) is 1.62. The first kappa shape index (κ1) is 8.05. The van der Waals surface area contributed by atoms with Crippen molar-refractivity contribution in [2.45, 2.75) is 13.8 Å². The first-order valence-corrected chi connectivity index (χ1v) is 4.32. The van der Waals surface area contributed by atoms with Crippen LogP contribution in [0.3, 0.4) is 0 Å². The molecule has 2 aromatic heterocycles. The van der Waals surface area contributed by atoms with Crippen LogP contribution in [0.1, 0.15) is 18.2 Å². The number of aryl methyl sites for hydroxylation is 1. The molecule has 0 saturated carbocycles. The second-order valence-corrected chi connectivity index (χ2v) is 3.28. The van der Waals surface area contributed by atoms with Crippen LogP contribution in [0.4, 0.5) is 0 Å². The molecule has 0 radical (unpaired) electrons. The van der Waals surface area contributed by atoms with Gasteiger partial charge in [-0.25, -0.2) is 0 Å². The van der Waals surface area contributed by atoms with E-state index in [0.29, 0.717) is 5.71 Å². The fourth-order valence-corrected chi connectivity index (χ4v) is 1.62. The Morgan fingerprint density at radius 3 is 2.85 bits per heavy atom. The third-order valence-electron chi connectivity index (χ3n) is 2.27. The van der Waals surface area contributed by atoms with Gasteiger partial charge in [-0.05, 0) is 32.0 Å². The monoisotopic (exact) mass is 172 g/mol. The van der Waals surface area contributed by atoms with Crippen molar-refractivity contribution in [1.29, 1.82) is 5.41 Å². The highest BCUT2D eigenvalue weighted by molar-refractivity contribution is 6.03. The van der Waals surface area contributed by atoms with E-state index < -0.39 is 0 Å². The quantitative estimate of drug-likeness (QED) is 0.640. The molecular weight excluding hydrogens is 160 g/mol. The molecule has 0 amide bonds. The molecule has 0 aromatic carbocycles. The van der Waals surface area contributed by atoms with Gasteiger partial charge in [0.1, 0.15) is 0 Å². The summed E-state index contributed by atoms with van der Waals surface area (Å²) in [5.74, 6) is 0. The maximum atomic E-state index is 7.62. The molecule has 66 valence electrons. The number of nitrogens with zero attached hydrogens (tertiary/aromatic N) is 1. The van der Waals surface area contributed by atoms with Gasteiger partial charge in [0.25, 0.3) is 0 Å². The average molecular weight is 172 g/mol. The first-order chi connectivity index (χ1) is 6.20. The van der Waals surface area contributed by atoms with Gasteiger partial charge in [0.15, 0.2) is 0 Å². The van der Waals surface area contributed by atoms with Crippen molar-refractivity contribution < 1.29 is 0 Å². The van der Waals surface area contributed by atoms with E-state index in [2.05, 4.69) is 17.4 Å². The zero-order chi connectivity index (χ0) is 9.42. The minimum atomic E-state index is 0.622. The molecule has 0 saturated heterocycles. The Bertz CT molecular complexity index is 466. The Balaban J connectivity index is 2.85. The Labute approximate surface area is 77.3 Å². The van der Waals surface area contributed by atoms with Gasteiger partial charge in [-0.1, -0.05) is 6.07 Å². The molecule has 0 aliphatic rings. The minimum Gasteiger partial charge on any atom is -0.321 e. The van der Waals surface area contributed by atoms with Crippen molar-refractivity contribution in [2.75, 3.05) is 0 Å². The molecule has 13 heavy (non-hydrogen) atoms. The van der Waals surface area contributed by atoms with Crippen molar-refractivity contribution >= 4 is 11.2 Å². The summed E-state index contributed by atoms with van der Waals surface area (Å²) >= 11 is 0. The molecule has 0 aliphatic heterocycles. The topological polar surface area (TPSA) is 28.3 Å². The summed E-state index contributed by atoms with van der Waals surface area (Å²) in [6.45, 7) is 3.88. The van der Waals surface area contributed by atoms with E-state index in [1.54, 1.807) is 0 Å². The number of fused-ring (bicyclic) bond motifs is 1. The third-order valence-corrected chi connectivity index (χ3v) is 2.27. The van der Waals surface area contributed by atoms with Crippen LogP contribution in [0, 0.1) is 12.3 Å². The Kier molecular flexibility index (Phi) is 1.69. The molecule has 0 atom stereocenters. The van der Waals surface area contributed by atoms with Crippen molar-refractivity contribution in [3.8, 4) is 0 Å². The molecule has 2 rings (SSSR count). The van der Waals surface area contributed by atoms with Crippen molar-refractivity contribution in [3.05, 3.63) is 41.7 Å². The van der Waals surface area contributed by atoms with E-state index in [1.807, 2.05) is 31.3 Å². The minimum absolute atomic E-state index is 0.622. The van der Waals surface area contributed by atoms with Gasteiger partial charge in [-0.2, -0.15) is 0 Å². The summed E-state index contributed by atoms with van der Waals surface area (Å²) in [6.07, 6.45) is 2.02. The van der Waals surface area contributed by atoms with E-state index >= 15 is 0 Å². The predicted molar refractivity (Wildman–Crippen MR) is 54.6 cm³/mol. The van der Waals surface area contributed by atoms with Crippen LogP contribution in [0.2, 0.25) is 0 Å². The lowest BCUT2D eigenvalue weighted by molar-refractivity contribution is 1.11. The normalized spacial score (nSPS) is 10.6. The molecule has 2 heteroatoms. The second kappa shape index (κ2) is 2.73. The van der Waals surface area contributed by atoms with Gasteiger partial charge >= 0.3 is 0 Å². The SMILES string of the molecule is CC(=N)c1cc(C)n2ccccc12. The van der Waals surface area contributed by atoms with Gasteiger partial charge in [-0.3, -0.25) is 0 Å². The Hall–Kier alpha value is -1.57. The van der Waals surface area contributed by atoms with Gasteiger partial charge in [0.2, 0.25) is 0 Å². The number of hydrogen-bond acceptors (Lipinski definition) is 1. The van der Waals surface area contributed by atoms with Crippen LogP contribution < -0.4 is 0 Å². The van der Waals surface area contributed by atoms with Gasteiger partial charge < -0.3 is 9.81 Å². The molecule has 1 N–H and O–H groups in total. The maximum Gasteiger partial charge on any atom is 0.0543 e. The molecule has 0 unspecified atom stereocenters. The van der Waals surface area contributed by atoms with E-state index in [9.17, 15) is 0 Å². The van der Waals surface area contributed by atoms with Crippen LogP contribution in [-0.2, 0) is 0 Å². The zero-order valence-corrected chi connectivity index (χ0v) is 7.83. The summed E-state index contributed by atoms with van der Waals surface area (Å²) in [5, 5.41) is 7.62. The number of nitrogens with one attached hydrogen (secondary N) is 1. The largest absolute Gasteiger partial charge is 0.321 e. The highest BCUT2D eigenvalue weighted by Crippen LogP contribution is 2.16. The molecular formula is C11H12N2. The molecule has 2 heterocycles. The summed E-state index contributed by atoms with van der Waals surface area (Å²) in [7, 11) is 0. The van der Waals surface area contributed by atoms with Gasteiger partial charge in [0, 0.05) is 23.2 Å². The van der Waals surface area contributed by atoms with Crippen molar-refractivity contribution in [3.63, 3.8) is 0 Å². The predicted octanol–water partition coefficient (Wildman–Crippen LogP) is 2.64. The molecule has 0 aliphatic carbocycles. The van der Waals surface area contributed by atoms with Crippen molar-refractivity contribution in [1.82, 2.24) is 4.40 Å². The first-order valence-electron chi connectivity index (χ1n) is 4.32. The number of rotatable bonds is 1. The van der Waals surface area contributed by atoms with Crippen LogP contribution in [-0.4, -0.2) is 10.1 Å². The molecule has 0 bridgehead atoms. The second-order valence-electron chi connectivity index (χ2n) is 3.28. The van der Waals surface area contributed by atoms with Gasteiger partial charge in [0.05, 0.1) is 5.52 Å². The van der Waals surface area contributed by atoms with Crippen LogP contribution in [0.25, 0.3) is 5.52 Å². The number of aromatic nitrogens is 1. The summed E-state index contributed by atoms with van der Waals surface area (Å²) < 4.78 is 2.10. The number of pyridine rings is 1. The summed E-state index contributed by atoms with van der Waals surface area (Å²) in [5.41, 5.74) is 3.94. The summed E-state index contributed by atoms with van der Waals surface area (Å²) in [4.78, 5) is 0. The lowest BCUT2D eigenvalue weighted by Crippen LogP contribution is -1.90.